The lowest BCUT2D eigenvalue weighted by atomic mass is 9.78. The summed E-state index contributed by atoms with van der Waals surface area (Å²) >= 11 is 7.41. The van der Waals surface area contributed by atoms with Gasteiger partial charge in [0.2, 0.25) is 0 Å². The SMILES string of the molecule is CCN1CC(CC)(CC)c2c1ccc(Br)c2Br. The van der Waals surface area contributed by atoms with Gasteiger partial charge in [-0.05, 0) is 69.3 Å². The minimum atomic E-state index is 0.313. The third-order valence-electron chi connectivity index (χ3n) is 4.17. The normalized spacial score (nSPS) is 17.4. The molecule has 94 valence electrons. The third-order valence-corrected chi connectivity index (χ3v) is 6.19. The van der Waals surface area contributed by atoms with E-state index in [0.29, 0.717) is 5.41 Å². The van der Waals surface area contributed by atoms with Crippen molar-refractivity contribution in [2.75, 3.05) is 18.0 Å². The van der Waals surface area contributed by atoms with Gasteiger partial charge in [0.05, 0.1) is 0 Å². The van der Waals surface area contributed by atoms with Crippen molar-refractivity contribution in [2.45, 2.75) is 39.0 Å². The Labute approximate surface area is 121 Å². The molecule has 17 heavy (non-hydrogen) atoms. The zero-order valence-corrected chi connectivity index (χ0v) is 13.9. The summed E-state index contributed by atoms with van der Waals surface area (Å²) in [7, 11) is 0. The van der Waals surface area contributed by atoms with E-state index in [4.69, 9.17) is 0 Å². The fraction of sp³-hybridized carbons (Fsp3) is 0.571. The van der Waals surface area contributed by atoms with Crippen molar-refractivity contribution < 1.29 is 0 Å². The topological polar surface area (TPSA) is 3.24 Å². The highest BCUT2D eigenvalue weighted by Gasteiger charge is 2.41. The first-order valence-electron chi connectivity index (χ1n) is 6.33. The van der Waals surface area contributed by atoms with Crippen LogP contribution < -0.4 is 4.90 Å². The van der Waals surface area contributed by atoms with Crippen LogP contribution in [0.3, 0.4) is 0 Å². The number of fused-ring (bicyclic) bond motifs is 1. The fourth-order valence-corrected chi connectivity index (χ4v) is 4.03. The molecule has 2 rings (SSSR count). The summed E-state index contributed by atoms with van der Waals surface area (Å²) < 4.78 is 2.41. The van der Waals surface area contributed by atoms with Crippen molar-refractivity contribution in [3.63, 3.8) is 0 Å². The van der Waals surface area contributed by atoms with Gasteiger partial charge in [-0.3, -0.25) is 0 Å². The van der Waals surface area contributed by atoms with Gasteiger partial charge in [0.15, 0.2) is 0 Å². The molecule has 1 aliphatic rings. The predicted octanol–water partition coefficient (Wildman–Crippen LogP) is 5.11. The highest BCUT2D eigenvalue weighted by Crippen LogP contribution is 2.50. The third kappa shape index (κ3) is 1.95. The van der Waals surface area contributed by atoms with Crippen LogP contribution in [0.1, 0.15) is 39.2 Å². The van der Waals surface area contributed by atoms with Gasteiger partial charge in [0.25, 0.3) is 0 Å². The van der Waals surface area contributed by atoms with E-state index in [9.17, 15) is 0 Å². The maximum atomic E-state index is 3.77. The Hall–Kier alpha value is -0.0200. The molecule has 0 spiro atoms. The minimum absolute atomic E-state index is 0.313. The summed E-state index contributed by atoms with van der Waals surface area (Å²) in [6, 6.07) is 4.40. The Morgan fingerprint density at radius 2 is 1.82 bits per heavy atom. The number of nitrogens with zero attached hydrogens (tertiary/aromatic N) is 1. The Morgan fingerprint density at radius 3 is 2.35 bits per heavy atom. The van der Waals surface area contributed by atoms with Crippen molar-refractivity contribution in [1.29, 1.82) is 0 Å². The molecule has 1 aromatic carbocycles. The molecule has 1 nitrogen and oxygen atoms in total. The lowest BCUT2D eigenvalue weighted by Crippen LogP contribution is -2.32. The molecule has 1 aliphatic heterocycles. The van der Waals surface area contributed by atoms with E-state index in [1.165, 1.54) is 33.0 Å². The second-order valence-corrected chi connectivity index (χ2v) is 6.40. The van der Waals surface area contributed by atoms with Crippen LogP contribution in [0.5, 0.6) is 0 Å². The molecule has 0 saturated heterocycles. The van der Waals surface area contributed by atoms with Crippen LogP contribution in [-0.4, -0.2) is 13.1 Å². The van der Waals surface area contributed by atoms with Crippen LogP contribution in [0.15, 0.2) is 21.1 Å². The molecule has 3 heteroatoms. The number of benzene rings is 1. The second kappa shape index (κ2) is 4.93. The van der Waals surface area contributed by atoms with Gasteiger partial charge in [0.1, 0.15) is 0 Å². The summed E-state index contributed by atoms with van der Waals surface area (Å²) in [5, 5.41) is 0. The van der Waals surface area contributed by atoms with E-state index in [0.717, 1.165) is 13.1 Å². The number of anilines is 1. The molecular weight excluding hydrogens is 342 g/mol. The molecule has 0 saturated carbocycles. The van der Waals surface area contributed by atoms with Gasteiger partial charge in [-0.15, -0.1) is 0 Å². The maximum Gasteiger partial charge on any atom is 0.0417 e. The minimum Gasteiger partial charge on any atom is -0.371 e. The molecule has 0 N–H and O–H groups in total. The Bertz CT molecular complexity index is 424. The van der Waals surface area contributed by atoms with Crippen molar-refractivity contribution in [3.05, 3.63) is 26.6 Å². The first-order chi connectivity index (χ1) is 8.09. The van der Waals surface area contributed by atoms with Crippen molar-refractivity contribution in [2.24, 2.45) is 0 Å². The molecule has 0 fully saturated rings. The fourth-order valence-electron chi connectivity index (χ4n) is 2.95. The summed E-state index contributed by atoms with van der Waals surface area (Å²) in [5.74, 6) is 0. The Balaban J connectivity index is 2.65. The van der Waals surface area contributed by atoms with Crippen LogP contribution >= 0.6 is 31.9 Å². The smallest absolute Gasteiger partial charge is 0.0417 e. The van der Waals surface area contributed by atoms with Crippen LogP contribution in [0.4, 0.5) is 5.69 Å². The zero-order chi connectivity index (χ0) is 12.6. The summed E-state index contributed by atoms with van der Waals surface area (Å²) in [5.41, 5.74) is 3.22. The molecule has 0 unspecified atom stereocenters. The van der Waals surface area contributed by atoms with Gasteiger partial charge in [0, 0.05) is 33.1 Å². The molecule has 1 aromatic rings. The van der Waals surface area contributed by atoms with E-state index in [-0.39, 0.29) is 0 Å². The lowest BCUT2D eigenvalue weighted by molar-refractivity contribution is 0.419. The molecule has 0 atom stereocenters. The highest BCUT2D eigenvalue weighted by atomic mass is 79.9. The molecule has 0 bridgehead atoms. The summed E-state index contributed by atoms with van der Waals surface area (Å²) in [4.78, 5) is 2.50. The van der Waals surface area contributed by atoms with Gasteiger partial charge in [-0.2, -0.15) is 0 Å². The van der Waals surface area contributed by atoms with Crippen LogP contribution in [0, 0.1) is 0 Å². The second-order valence-electron chi connectivity index (χ2n) is 4.76. The van der Waals surface area contributed by atoms with E-state index in [2.05, 4.69) is 69.7 Å². The lowest BCUT2D eigenvalue weighted by Gasteiger charge is -2.28. The standard InChI is InChI=1S/C14H19Br2N/c1-4-14(5-2)9-17(6-3)11-8-7-10(15)13(16)12(11)14/h7-8H,4-6,9H2,1-3H3. The molecule has 0 radical (unpaired) electrons. The molecular formula is C14H19Br2N. The first-order valence-corrected chi connectivity index (χ1v) is 7.91. The molecule has 1 heterocycles. The summed E-state index contributed by atoms with van der Waals surface area (Å²) in [6.07, 6.45) is 2.39. The van der Waals surface area contributed by atoms with E-state index in [1.807, 2.05) is 0 Å². The van der Waals surface area contributed by atoms with E-state index < -0.39 is 0 Å². The molecule has 0 aromatic heterocycles. The van der Waals surface area contributed by atoms with E-state index >= 15 is 0 Å². The van der Waals surface area contributed by atoms with Crippen molar-refractivity contribution in [1.82, 2.24) is 0 Å². The van der Waals surface area contributed by atoms with Crippen LogP contribution in [0.2, 0.25) is 0 Å². The Morgan fingerprint density at radius 1 is 1.18 bits per heavy atom. The number of likely N-dealkylation sites (N-methyl/N-ethyl adjacent to an activating group) is 1. The quantitative estimate of drug-likeness (QED) is 0.723. The largest absolute Gasteiger partial charge is 0.371 e. The average Bonchev–Trinajstić information content (AvgIpc) is 2.69. The first kappa shape index (κ1) is 13.4. The summed E-state index contributed by atoms with van der Waals surface area (Å²) in [6.45, 7) is 9.09. The predicted molar refractivity (Wildman–Crippen MR) is 82.0 cm³/mol. The van der Waals surface area contributed by atoms with Crippen LogP contribution in [0.25, 0.3) is 0 Å². The zero-order valence-electron chi connectivity index (χ0n) is 10.7. The van der Waals surface area contributed by atoms with E-state index in [1.54, 1.807) is 0 Å². The van der Waals surface area contributed by atoms with Gasteiger partial charge >= 0.3 is 0 Å². The monoisotopic (exact) mass is 359 g/mol. The van der Waals surface area contributed by atoms with Gasteiger partial charge < -0.3 is 4.90 Å². The average molecular weight is 361 g/mol. The number of hydrogen-bond donors (Lipinski definition) is 0. The maximum absolute atomic E-state index is 3.77. The van der Waals surface area contributed by atoms with Crippen LogP contribution in [-0.2, 0) is 5.41 Å². The van der Waals surface area contributed by atoms with Gasteiger partial charge in [-0.1, -0.05) is 13.8 Å². The molecule has 0 amide bonds. The highest BCUT2D eigenvalue weighted by molar-refractivity contribution is 9.13. The van der Waals surface area contributed by atoms with Crippen molar-refractivity contribution >= 4 is 37.5 Å². The number of halogens is 2. The Kier molecular flexibility index (Phi) is 3.89. The molecule has 0 aliphatic carbocycles. The van der Waals surface area contributed by atoms with Gasteiger partial charge in [-0.25, -0.2) is 0 Å². The number of hydrogen-bond acceptors (Lipinski definition) is 1. The number of rotatable bonds is 3. The van der Waals surface area contributed by atoms with Crippen molar-refractivity contribution in [3.8, 4) is 0 Å².